The first kappa shape index (κ1) is 19.6. The van der Waals surface area contributed by atoms with Crippen molar-refractivity contribution in [2.24, 2.45) is 20.0 Å². The van der Waals surface area contributed by atoms with Crippen molar-refractivity contribution in [3.8, 4) is 0 Å². The molecule has 0 aliphatic carbocycles. The van der Waals surface area contributed by atoms with Gasteiger partial charge in [-0.25, -0.2) is 0 Å². The van der Waals surface area contributed by atoms with E-state index < -0.39 is 0 Å². The largest absolute Gasteiger partial charge is 0.346 e. The number of amides is 2. The van der Waals surface area contributed by atoms with Crippen molar-refractivity contribution in [1.82, 2.24) is 34.7 Å². The average molecular weight is 405 g/mol. The van der Waals surface area contributed by atoms with Crippen molar-refractivity contribution >= 4 is 29.1 Å². The van der Waals surface area contributed by atoms with Crippen LogP contribution >= 0.6 is 11.6 Å². The van der Waals surface area contributed by atoms with Gasteiger partial charge in [0, 0.05) is 38.6 Å². The minimum atomic E-state index is -0.387. The van der Waals surface area contributed by atoms with Gasteiger partial charge in [0.1, 0.15) is 5.69 Å². The van der Waals surface area contributed by atoms with Crippen LogP contribution in [-0.2, 0) is 32.0 Å². The van der Waals surface area contributed by atoms with Crippen molar-refractivity contribution in [1.29, 1.82) is 0 Å². The number of carbonyl (C=O) groups excluding carboxylic acids is 2. The Kier molecular flexibility index (Phi) is 5.78. The predicted octanol–water partition coefficient (Wildman–Crippen LogP) is 1.21. The number of anilines is 1. The standard InChI is InChI=1S/C17H21ClN8O2/c1-11(8-26-10-13(18)6-22-26)16(27)23-14-7-21-25(3)15(14)17(28)19-4-12-5-20-24(2)9-12/h5-7,9-11H,4,8H2,1-3H3,(H,19,28)(H,23,27). The zero-order chi connectivity index (χ0) is 20.3. The Bertz CT molecular complexity index is 989. The molecule has 0 spiro atoms. The van der Waals surface area contributed by atoms with Gasteiger partial charge in [-0.2, -0.15) is 15.3 Å². The SMILES string of the molecule is CC(Cn1cc(Cl)cn1)C(=O)Nc1cnn(C)c1C(=O)NCc1cnn(C)c1. The van der Waals surface area contributed by atoms with E-state index in [-0.39, 0.29) is 23.4 Å². The Balaban J connectivity index is 1.64. The van der Waals surface area contributed by atoms with Gasteiger partial charge in [-0.15, -0.1) is 0 Å². The van der Waals surface area contributed by atoms with Crippen molar-refractivity contribution < 1.29 is 9.59 Å². The van der Waals surface area contributed by atoms with Crippen LogP contribution in [0.3, 0.4) is 0 Å². The third-order valence-electron chi connectivity index (χ3n) is 4.13. The molecule has 0 saturated heterocycles. The highest BCUT2D eigenvalue weighted by Gasteiger charge is 2.21. The molecule has 1 unspecified atom stereocenters. The first-order valence-corrected chi connectivity index (χ1v) is 8.98. The number of hydrogen-bond acceptors (Lipinski definition) is 5. The summed E-state index contributed by atoms with van der Waals surface area (Å²) in [5, 5.41) is 18.3. The highest BCUT2D eigenvalue weighted by molar-refractivity contribution is 6.30. The molecule has 3 aromatic rings. The van der Waals surface area contributed by atoms with E-state index in [1.165, 1.54) is 17.1 Å². The molecular weight excluding hydrogens is 384 g/mol. The molecule has 11 heteroatoms. The first-order chi connectivity index (χ1) is 13.3. The molecular formula is C17H21ClN8O2. The molecule has 148 valence electrons. The van der Waals surface area contributed by atoms with E-state index in [0.29, 0.717) is 23.8 Å². The second-order valence-corrected chi connectivity index (χ2v) is 6.94. The van der Waals surface area contributed by atoms with Gasteiger partial charge < -0.3 is 10.6 Å². The molecule has 3 aromatic heterocycles. The lowest BCUT2D eigenvalue weighted by atomic mass is 10.1. The van der Waals surface area contributed by atoms with Crippen LogP contribution in [0, 0.1) is 5.92 Å². The van der Waals surface area contributed by atoms with E-state index in [2.05, 4.69) is 25.9 Å². The molecule has 0 saturated carbocycles. The summed E-state index contributed by atoms with van der Waals surface area (Å²) < 4.78 is 4.68. The number of halogens is 1. The second kappa shape index (κ2) is 8.26. The molecule has 0 aromatic carbocycles. The summed E-state index contributed by atoms with van der Waals surface area (Å²) in [4.78, 5) is 25.1. The van der Waals surface area contributed by atoms with Gasteiger partial charge in [-0.3, -0.25) is 23.6 Å². The summed E-state index contributed by atoms with van der Waals surface area (Å²) in [7, 11) is 3.45. The van der Waals surface area contributed by atoms with Gasteiger partial charge in [-0.1, -0.05) is 18.5 Å². The monoisotopic (exact) mass is 404 g/mol. The van der Waals surface area contributed by atoms with E-state index >= 15 is 0 Å². The van der Waals surface area contributed by atoms with Crippen molar-refractivity contribution in [3.05, 3.63) is 47.3 Å². The lowest BCUT2D eigenvalue weighted by molar-refractivity contribution is -0.119. The highest BCUT2D eigenvalue weighted by atomic mass is 35.5. The van der Waals surface area contributed by atoms with Crippen LogP contribution in [-0.4, -0.2) is 41.2 Å². The Labute approximate surface area is 166 Å². The number of aromatic nitrogens is 6. The summed E-state index contributed by atoms with van der Waals surface area (Å²) in [5.74, 6) is -0.978. The molecule has 0 fully saturated rings. The number of nitrogens with one attached hydrogen (secondary N) is 2. The molecule has 2 amide bonds. The second-order valence-electron chi connectivity index (χ2n) is 6.51. The fourth-order valence-corrected chi connectivity index (χ4v) is 2.84. The topological polar surface area (TPSA) is 112 Å². The van der Waals surface area contributed by atoms with E-state index in [4.69, 9.17) is 11.6 Å². The number of hydrogen-bond donors (Lipinski definition) is 2. The van der Waals surface area contributed by atoms with Gasteiger partial charge in [0.15, 0.2) is 0 Å². The zero-order valence-corrected chi connectivity index (χ0v) is 16.5. The first-order valence-electron chi connectivity index (χ1n) is 8.60. The molecule has 0 radical (unpaired) electrons. The van der Waals surface area contributed by atoms with Crippen molar-refractivity contribution in [2.45, 2.75) is 20.0 Å². The van der Waals surface area contributed by atoms with E-state index in [1.807, 2.05) is 6.20 Å². The van der Waals surface area contributed by atoms with Crippen LogP contribution < -0.4 is 10.6 Å². The molecule has 3 heterocycles. The van der Waals surface area contributed by atoms with Gasteiger partial charge in [0.2, 0.25) is 5.91 Å². The molecule has 1 atom stereocenters. The smallest absolute Gasteiger partial charge is 0.271 e. The number of aryl methyl sites for hydroxylation is 2. The van der Waals surface area contributed by atoms with Gasteiger partial charge in [0.05, 0.1) is 41.8 Å². The molecule has 2 N–H and O–H groups in total. The molecule has 0 bridgehead atoms. The van der Waals surface area contributed by atoms with Gasteiger partial charge in [0.25, 0.3) is 5.91 Å². The van der Waals surface area contributed by atoms with Crippen LogP contribution in [0.15, 0.2) is 31.0 Å². The van der Waals surface area contributed by atoms with Crippen LogP contribution in [0.2, 0.25) is 5.02 Å². The van der Waals surface area contributed by atoms with E-state index in [1.54, 1.807) is 42.8 Å². The van der Waals surface area contributed by atoms with Crippen LogP contribution in [0.5, 0.6) is 0 Å². The number of rotatable bonds is 7. The fourth-order valence-electron chi connectivity index (χ4n) is 2.69. The number of nitrogens with zero attached hydrogens (tertiary/aromatic N) is 6. The molecule has 10 nitrogen and oxygen atoms in total. The Hall–Kier alpha value is -3.14. The predicted molar refractivity (Wildman–Crippen MR) is 103 cm³/mol. The normalized spacial score (nSPS) is 12.0. The number of carbonyl (C=O) groups is 2. The fraction of sp³-hybridized carbons (Fsp3) is 0.353. The average Bonchev–Trinajstić information content (AvgIpc) is 3.34. The highest BCUT2D eigenvalue weighted by Crippen LogP contribution is 2.16. The summed E-state index contributed by atoms with van der Waals surface area (Å²) in [6.45, 7) is 2.45. The lowest BCUT2D eigenvalue weighted by Gasteiger charge is -2.13. The van der Waals surface area contributed by atoms with E-state index in [9.17, 15) is 9.59 Å². The lowest BCUT2D eigenvalue weighted by Crippen LogP contribution is -2.28. The van der Waals surface area contributed by atoms with Crippen molar-refractivity contribution in [3.63, 3.8) is 0 Å². The third kappa shape index (κ3) is 4.58. The quantitative estimate of drug-likeness (QED) is 0.614. The Morgan fingerprint density at radius 1 is 1.14 bits per heavy atom. The van der Waals surface area contributed by atoms with E-state index in [0.717, 1.165) is 5.56 Å². The van der Waals surface area contributed by atoms with Crippen LogP contribution in [0.1, 0.15) is 23.0 Å². The molecule has 3 rings (SSSR count). The summed E-state index contributed by atoms with van der Waals surface area (Å²) in [6.07, 6.45) is 8.10. The van der Waals surface area contributed by atoms with Crippen LogP contribution in [0.4, 0.5) is 5.69 Å². The van der Waals surface area contributed by atoms with Gasteiger partial charge in [-0.05, 0) is 0 Å². The molecule has 28 heavy (non-hydrogen) atoms. The minimum Gasteiger partial charge on any atom is -0.346 e. The molecule has 0 aliphatic heterocycles. The third-order valence-corrected chi connectivity index (χ3v) is 4.33. The summed E-state index contributed by atoms with van der Waals surface area (Å²) in [5.41, 5.74) is 1.49. The van der Waals surface area contributed by atoms with Crippen LogP contribution in [0.25, 0.3) is 0 Å². The summed E-state index contributed by atoms with van der Waals surface area (Å²) >= 11 is 5.84. The Morgan fingerprint density at radius 2 is 1.93 bits per heavy atom. The molecule has 0 aliphatic rings. The maximum Gasteiger partial charge on any atom is 0.271 e. The minimum absolute atomic E-state index is 0.249. The maximum absolute atomic E-state index is 12.6. The zero-order valence-electron chi connectivity index (χ0n) is 15.8. The van der Waals surface area contributed by atoms with Gasteiger partial charge >= 0.3 is 0 Å². The van der Waals surface area contributed by atoms with Crippen molar-refractivity contribution in [2.75, 3.05) is 5.32 Å². The maximum atomic E-state index is 12.6. The summed E-state index contributed by atoms with van der Waals surface area (Å²) in [6, 6.07) is 0. The Morgan fingerprint density at radius 3 is 2.57 bits per heavy atom.